The van der Waals surface area contributed by atoms with Crippen LogP contribution >= 0.6 is 11.3 Å². The Hall–Kier alpha value is -0.880. The molecule has 0 radical (unpaired) electrons. The molecule has 4 nitrogen and oxygen atoms in total. The molecular formula is C15H27N3OS2. The maximum absolute atomic E-state index is 12.0. The van der Waals surface area contributed by atoms with Crippen molar-refractivity contribution in [2.75, 3.05) is 18.8 Å². The van der Waals surface area contributed by atoms with Gasteiger partial charge in [0.05, 0.1) is 12.6 Å². The summed E-state index contributed by atoms with van der Waals surface area (Å²) in [7, 11) is -0.860. The highest BCUT2D eigenvalue weighted by Gasteiger charge is 2.18. The molecule has 0 aromatic carbocycles. The van der Waals surface area contributed by atoms with E-state index in [4.69, 9.17) is 0 Å². The molecule has 0 spiro atoms. The summed E-state index contributed by atoms with van der Waals surface area (Å²) in [6.07, 6.45) is 0. The summed E-state index contributed by atoms with van der Waals surface area (Å²) in [5.41, 5.74) is 0. The standard InChI is InChI=1S/C15H27N3OS2/c1-6-16-14(17-9-11-21(19)15(3,4)5)18-12(2)13-8-7-10-20-13/h7-8,10,12H,6,9,11H2,1-5H3,(H2,16,17,18). The number of nitrogens with one attached hydrogen (secondary N) is 2. The van der Waals surface area contributed by atoms with E-state index in [9.17, 15) is 4.21 Å². The molecule has 1 heterocycles. The molecule has 2 atom stereocenters. The molecule has 0 amide bonds. The van der Waals surface area contributed by atoms with E-state index in [0.29, 0.717) is 12.3 Å². The van der Waals surface area contributed by atoms with Crippen molar-refractivity contribution in [3.63, 3.8) is 0 Å². The van der Waals surface area contributed by atoms with Crippen molar-refractivity contribution in [2.45, 2.75) is 45.4 Å². The van der Waals surface area contributed by atoms with Crippen molar-refractivity contribution >= 4 is 28.1 Å². The van der Waals surface area contributed by atoms with Crippen LogP contribution in [0.5, 0.6) is 0 Å². The van der Waals surface area contributed by atoms with E-state index in [-0.39, 0.29) is 10.8 Å². The fourth-order valence-electron chi connectivity index (χ4n) is 1.68. The molecule has 0 saturated heterocycles. The number of rotatable bonds is 6. The minimum atomic E-state index is -0.860. The molecule has 2 N–H and O–H groups in total. The molecule has 1 rings (SSSR count). The minimum absolute atomic E-state index is 0.175. The zero-order valence-electron chi connectivity index (χ0n) is 13.6. The normalized spacial score (nSPS) is 15.6. The van der Waals surface area contributed by atoms with Gasteiger partial charge in [0.25, 0.3) is 0 Å². The summed E-state index contributed by atoms with van der Waals surface area (Å²) in [6, 6.07) is 4.38. The van der Waals surface area contributed by atoms with Crippen molar-refractivity contribution in [3.05, 3.63) is 22.4 Å². The largest absolute Gasteiger partial charge is 0.357 e. The summed E-state index contributed by atoms with van der Waals surface area (Å²) >= 11 is 1.73. The smallest absolute Gasteiger partial charge is 0.191 e. The Morgan fingerprint density at radius 1 is 1.48 bits per heavy atom. The summed E-state index contributed by atoms with van der Waals surface area (Å²) in [6.45, 7) is 11.5. The molecule has 2 unspecified atom stereocenters. The highest BCUT2D eigenvalue weighted by atomic mass is 32.2. The average molecular weight is 330 g/mol. The topological polar surface area (TPSA) is 53.5 Å². The van der Waals surface area contributed by atoms with Crippen molar-refractivity contribution in [1.29, 1.82) is 0 Å². The lowest BCUT2D eigenvalue weighted by Gasteiger charge is -2.18. The van der Waals surface area contributed by atoms with E-state index >= 15 is 0 Å². The molecule has 0 aliphatic rings. The SMILES string of the molecule is CCNC(=NCCS(=O)C(C)(C)C)NC(C)c1cccs1. The monoisotopic (exact) mass is 329 g/mol. The van der Waals surface area contributed by atoms with Crippen LogP contribution in [0.1, 0.15) is 45.5 Å². The fraction of sp³-hybridized carbons (Fsp3) is 0.667. The number of hydrogen-bond acceptors (Lipinski definition) is 3. The Morgan fingerprint density at radius 3 is 2.71 bits per heavy atom. The third kappa shape index (κ3) is 6.61. The van der Waals surface area contributed by atoms with Gasteiger partial charge in [-0.3, -0.25) is 9.20 Å². The van der Waals surface area contributed by atoms with Gasteiger partial charge in [-0.15, -0.1) is 11.3 Å². The van der Waals surface area contributed by atoms with Crippen molar-refractivity contribution in [1.82, 2.24) is 10.6 Å². The third-order valence-electron chi connectivity index (χ3n) is 2.90. The molecule has 21 heavy (non-hydrogen) atoms. The molecule has 0 fully saturated rings. The first-order chi connectivity index (χ1) is 9.84. The average Bonchev–Trinajstić information content (AvgIpc) is 2.91. The van der Waals surface area contributed by atoms with Crippen molar-refractivity contribution in [2.24, 2.45) is 4.99 Å². The van der Waals surface area contributed by atoms with Gasteiger partial charge in [0.1, 0.15) is 0 Å². The van der Waals surface area contributed by atoms with Gasteiger partial charge in [-0.1, -0.05) is 6.07 Å². The van der Waals surface area contributed by atoms with Crippen LogP contribution in [0.15, 0.2) is 22.5 Å². The van der Waals surface area contributed by atoms with Crippen molar-refractivity contribution in [3.8, 4) is 0 Å². The first kappa shape index (κ1) is 18.2. The van der Waals surface area contributed by atoms with Crippen LogP contribution < -0.4 is 10.6 Å². The molecular weight excluding hydrogens is 302 g/mol. The van der Waals surface area contributed by atoms with Gasteiger partial charge in [-0.05, 0) is 46.1 Å². The van der Waals surface area contributed by atoms with Gasteiger partial charge in [-0.25, -0.2) is 0 Å². The predicted molar refractivity (Wildman–Crippen MR) is 94.6 cm³/mol. The van der Waals surface area contributed by atoms with Crippen LogP contribution in [0.4, 0.5) is 0 Å². The summed E-state index contributed by atoms with van der Waals surface area (Å²) in [4.78, 5) is 5.80. The van der Waals surface area contributed by atoms with Crippen LogP contribution in [0, 0.1) is 0 Å². The number of guanidine groups is 1. The van der Waals surface area contributed by atoms with E-state index < -0.39 is 10.8 Å². The van der Waals surface area contributed by atoms with Gasteiger partial charge in [0, 0.05) is 32.7 Å². The zero-order valence-corrected chi connectivity index (χ0v) is 15.2. The molecule has 0 aliphatic heterocycles. The molecule has 1 aromatic rings. The second-order valence-electron chi connectivity index (χ2n) is 5.80. The minimum Gasteiger partial charge on any atom is -0.357 e. The Morgan fingerprint density at radius 2 is 2.19 bits per heavy atom. The maximum Gasteiger partial charge on any atom is 0.191 e. The lowest BCUT2D eigenvalue weighted by atomic mass is 10.3. The maximum atomic E-state index is 12.0. The highest BCUT2D eigenvalue weighted by Crippen LogP contribution is 2.17. The molecule has 1 aromatic heterocycles. The Kier molecular flexibility index (Phi) is 7.39. The van der Waals surface area contributed by atoms with E-state index in [1.54, 1.807) is 11.3 Å². The van der Waals surface area contributed by atoms with Gasteiger partial charge in [-0.2, -0.15) is 0 Å². The summed E-state index contributed by atoms with van der Waals surface area (Å²) < 4.78 is 11.8. The van der Waals surface area contributed by atoms with Crippen LogP contribution in [0.3, 0.4) is 0 Å². The highest BCUT2D eigenvalue weighted by molar-refractivity contribution is 7.86. The van der Waals surface area contributed by atoms with E-state index in [2.05, 4.69) is 40.1 Å². The number of aliphatic imine (C=N–C) groups is 1. The summed E-state index contributed by atoms with van der Waals surface area (Å²) in [5, 5.41) is 8.69. The molecule has 6 heteroatoms. The van der Waals surface area contributed by atoms with Crippen molar-refractivity contribution < 1.29 is 4.21 Å². The first-order valence-corrected chi connectivity index (χ1v) is 9.51. The predicted octanol–water partition coefficient (Wildman–Crippen LogP) is 2.91. The quantitative estimate of drug-likeness (QED) is 0.623. The van der Waals surface area contributed by atoms with E-state index in [1.807, 2.05) is 27.7 Å². The fourth-order valence-corrected chi connectivity index (χ4v) is 3.28. The molecule has 0 saturated carbocycles. The van der Waals surface area contributed by atoms with E-state index in [0.717, 1.165) is 12.5 Å². The molecule has 0 aliphatic carbocycles. The van der Waals surface area contributed by atoms with Crippen LogP contribution in [0.25, 0.3) is 0 Å². The Bertz CT molecular complexity index is 464. The van der Waals surface area contributed by atoms with Crippen LogP contribution in [0.2, 0.25) is 0 Å². The van der Waals surface area contributed by atoms with E-state index in [1.165, 1.54) is 4.88 Å². The number of thiophene rings is 1. The van der Waals surface area contributed by atoms with Crippen LogP contribution in [-0.4, -0.2) is 33.8 Å². The molecule has 120 valence electrons. The zero-order chi connectivity index (χ0) is 15.9. The van der Waals surface area contributed by atoms with Gasteiger partial charge >= 0.3 is 0 Å². The Labute approximate surface area is 134 Å². The van der Waals surface area contributed by atoms with Crippen LogP contribution in [-0.2, 0) is 10.8 Å². The Balaban J connectivity index is 2.56. The van der Waals surface area contributed by atoms with Gasteiger partial charge in [0.15, 0.2) is 5.96 Å². The molecule has 0 bridgehead atoms. The third-order valence-corrected chi connectivity index (χ3v) is 5.87. The lowest BCUT2D eigenvalue weighted by molar-refractivity contribution is 0.648. The second-order valence-corrected chi connectivity index (χ2v) is 9.11. The number of hydrogen-bond donors (Lipinski definition) is 2. The van der Waals surface area contributed by atoms with Gasteiger partial charge < -0.3 is 10.6 Å². The first-order valence-electron chi connectivity index (χ1n) is 7.31. The lowest BCUT2D eigenvalue weighted by Crippen LogP contribution is -2.39. The summed E-state index contributed by atoms with van der Waals surface area (Å²) in [5.74, 6) is 1.37. The van der Waals surface area contributed by atoms with Gasteiger partial charge in [0.2, 0.25) is 0 Å². The second kappa shape index (κ2) is 8.54. The number of nitrogens with zero attached hydrogens (tertiary/aromatic N) is 1.